The van der Waals surface area contributed by atoms with Crippen LogP contribution in [0.3, 0.4) is 0 Å². The summed E-state index contributed by atoms with van der Waals surface area (Å²) in [6.45, 7) is 9.24. The molecular formula is C26H28N8. The Hall–Kier alpha value is -3.99. The van der Waals surface area contributed by atoms with Crippen molar-refractivity contribution in [1.29, 1.82) is 5.26 Å². The maximum absolute atomic E-state index is 9.12. The minimum Gasteiger partial charge on any atom is -0.325 e. The topological polar surface area (TPSA) is 97.2 Å². The Bertz CT molecular complexity index is 1370. The van der Waals surface area contributed by atoms with Crippen molar-refractivity contribution >= 4 is 11.6 Å². The van der Waals surface area contributed by atoms with Crippen molar-refractivity contribution in [2.75, 3.05) is 5.32 Å². The Morgan fingerprint density at radius 3 is 2.50 bits per heavy atom. The van der Waals surface area contributed by atoms with E-state index in [0.717, 1.165) is 46.4 Å². The van der Waals surface area contributed by atoms with Gasteiger partial charge in [0.1, 0.15) is 18.0 Å². The maximum atomic E-state index is 9.12. The first kappa shape index (κ1) is 21.8. The van der Waals surface area contributed by atoms with Gasteiger partial charge >= 0.3 is 0 Å². The number of benzene rings is 1. The molecule has 0 amide bonds. The van der Waals surface area contributed by atoms with Crippen LogP contribution in [0, 0.1) is 31.1 Å². The molecule has 0 aliphatic heterocycles. The first-order valence-corrected chi connectivity index (χ1v) is 11.7. The van der Waals surface area contributed by atoms with Crippen molar-refractivity contribution in [3.8, 4) is 23.1 Å². The van der Waals surface area contributed by atoms with Gasteiger partial charge in [0.05, 0.1) is 23.0 Å². The van der Waals surface area contributed by atoms with Gasteiger partial charge in [-0.2, -0.15) is 15.5 Å². The van der Waals surface area contributed by atoms with Gasteiger partial charge in [-0.3, -0.25) is 0 Å². The minimum absolute atomic E-state index is 0.347. The fraction of sp³-hybridized carbons (Fsp3) is 0.346. The van der Waals surface area contributed by atoms with Gasteiger partial charge in [-0.1, -0.05) is 26.0 Å². The van der Waals surface area contributed by atoms with E-state index >= 15 is 0 Å². The van der Waals surface area contributed by atoms with Crippen molar-refractivity contribution < 1.29 is 0 Å². The van der Waals surface area contributed by atoms with Crippen molar-refractivity contribution in [1.82, 2.24) is 29.5 Å². The monoisotopic (exact) mass is 452 g/mol. The fourth-order valence-corrected chi connectivity index (χ4v) is 4.03. The Balaban J connectivity index is 1.50. The number of nitriles is 1. The molecule has 1 fully saturated rings. The number of anilines is 2. The molecule has 4 aromatic rings. The fourth-order valence-electron chi connectivity index (χ4n) is 4.03. The van der Waals surface area contributed by atoms with Crippen LogP contribution in [-0.2, 0) is 6.54 Å². The zero-order chi connectivity index (χ0) is 23.8. The van der Waals surface area contributed by atoms with Gasteiger partial charge in [-0.05, 0) is 56.7 Å². The summed E-state index contributed by atoms with van der Waals surface area (Å²) < 4.78 is 3.91. The summed E-state index contributed by atoms with van der Waals surface area (Å²) >= 11 is 0. The summed E-state index contributed by atoms with van der Waals surface area (Å²) in [7, 11) is 0. The van der Waals surface area contributed by atoms with E-state index in [1.807, 2.05) is 41.9 Å². The number of hydrogen-bond acceptors (Lipinski definition) is 6. The number of nitrogens with zero attached hydrogens (tertiary/aromatic N) is 7. The van der Waals surface area contributed by atoms with Crippen molar-refractivity contribution in [3.63, 3.8) is 0 Å². The van der Waals surface area contributed by atoms with Crippen LogP contribution >= 0.6 is 0 Å². The van der Waals surface area contributed by atoms with Gasteiger partial charge in [0.2, 0.25) is 0 Å². The van der Waals surface area contributed by atoms with Crippen molar-refractivity contribution in [2.45, 2.75) is 53.0 Å². The van der Waals surface area contributed by atoms with Gasteiger partial charge in [0.15, 0.2) is 5.82 Å². The van der Waals surface area contributed by atoms with Crippen LogP contribution in [0.25, 0.3) is 17.1 Å². The lowest BCUT2D eigenvalue weighted by molar-refractivity contribution is 0.571. The van der Waals surface area contributed by atoms with Gasteiger partial charge < -0.3 is 5.32 Å². The minimum atomic E-state index is 0.347. The Morgan fingerprint density at radius 1 is 1.09 bits per heavy atom. The zero-order valence-electron chi connectivity index (χ0n) is 19.9. The number of hydrogen-bond donors (Lipinski definition) is 1. The van der Waals surface area contributed by atoms with E-state index < -0.39 is 0 Å². The highest BCUT2D eigenvalue weighted by molar-refractivity contribution is 5.71. The smallest absolute Gasteiger partial charge is 0.159 e. The van der Waals surface area contributed by atoms with Crippen LogP contribution in [-0.4, -0.2) is 29.5 Å². The van der Waals surface area contributed by atoms with E-state index in [2.05, 4.69) is 52.9 Å². The second-order valence-corrected chi connectivity index (χ2v) is 9.30. The molecule has 172 valence electrons. The van der Waals surface area contributed by atoms with Crippen LogP contribution in [0.15, 0.2) is 42.7 Å². The third-order valence-electron chi connectivity index (χ3n) is 6.22. The van der Waals surface area contributed by atoms with E-state index in [4.69, 9.17) is 15.5 Å². The average molecular weight is 453 g/mol. The molecule has 5 rings (SSSR count). The lowest BCUT2D eigenvalue weighted by atomic mass is 10.1. The summed E-state index contributed by atoms with van der Waals surface area (Å²) in [4.78, 5) is 8.93. The number of aromatic nitrogens is 6. The van der Waals surface area contributed by atoms with E-state index in [1.54, 1.807) is 6.33 Å². The Labute approximate surface area is 199 Å². The number of rotatable bonds is 7. The Kier molecular flexibility index (Phi) is 5.62. The SMILES string of the molecule is Cc1c(-c2ccc(C#N)cc2)nn(CC2CC2)c1Nc1cc(-n2nc(C(C)C)cc2C)ncn1. The zero-order valence-corrected chi connectivity index (χ0v) is 19.9. The van der Waals surface area contributed by atoms with Gasteiger partial charge in [-0.15, -0.1) is 0 Å². The largest absolute Gasteiger partial charge is 0.325 e. The van der Waals surface area contributed by atoms with Crippen LogP contribution in [0.5, 0.6) is 0 Å². The summed E-state index contributed by atoms with van der Waals surface area (Å²) in [6, 6.07) is 13.8. The number of nitrogens with one attached hydrogen (secondary N) is 1. The van der Waals surface area contributed by atoms with Crippen LogP contribution < -0.4 is 5.32 Å². The predicted octanol–water partition coefficient (Wildman–Crippen LogP) is 5.29. The third-order valence-corrected chi connectivity index (χ3v) is 6.22. The molecule has 8 heteroatoms. The normalized spacial score (nSPS) is 13.3. The lowest BCUT2D eigenvalue weighted by Crippen LogP contribution is -2.09. The molecule has 0 unspecified atom stereocenters. The molecule has 1 aliphatic carbocycles. The molecule has 1 saturated carbocycles. The van der Waals surface area contributed by atoms with Gasteiger partial charge in [0, 0.05) is 29.4 Å². The molecule has 1 aliphatic rings. The molecule has 8 nitrogen and oxygen atoms in total. The van der Waals surface area contributed by atoms with E-state index in [-0.39, 0.29) is 0 Å². The molecule has 1 aromatic carbocycles. The molecule has 3 aromatic heterocycles. The highest BCUT2D eigenvalue weighted by Crippen LogP contribution is 2.35. The molecule has 0 radical (unpaired) electrons. The van der Waals surface area contributed by atoms with Gasteiger partial charge in [0.25, 0.3) is 0 Å². The maximum Gasteiger partial charge on any atom is 0.159 e. The lowest BCUT2D eigenvalue weighted by Gasteiger charge is -2.11. The first-order chi connectivity index (χ1) is 16.4. The van der Waals surface area contributed by atoms with Crippen LogP contribution in [0.2, 0.25) is 0 Å². The summed E-state index contributed by atoms with van der Waals surface area (Å²) in [5.41, 5.74) is 5.66. The second-order valence-electron chi connectivity index (χ2n) is 9.30. The highest BCUT2D eigenvalue weighted by Gasteiger charge is 2.25. The first-order valence-electron chi connectivity index (χ1n) is 11.7. The highest BCUT2D eigenvalue weighted by atomic mass is 15.4. The standard InChI is InChI=1S/C26H28N8/c1-16(2)22-11-17(3)34(31-22)24-12-23(28-15-29-24)30-26-18(4)25(32-33(26)14-20-5-6-20)21-9-7-19(13-27)8-10-21/h7-12,15-16,20H,5-6,14H2,1-4H3,(H,28,29,30). The quantitative estimate of drug-likeness (QED) is 0.409. The predicted molar refractivity (Wildman–Crippen MR) is 131 cm³/mol. The summed E-state index contributed by atoms with van der Waals surface area (Å²) in [5, 5.41) is 22.3. The molecule has 0 saturated heterocycles. The average Bonchev–Trinajstić information content (AvgIpc) is 3.50. The van der Waals surface area contributed by atoms with E-state index in [0.29, 0.717) is 23.2 Å². The third kappa shape index (κ3) is 4.29. The molecule has 0 spiro atoms. The summed E-state index contributed by atoms with van der Waals surface area (Å²) in [6.07, 6.45) is 4.03. The van der Waals surface area contributed by atoms with E-state index in [1.165, 1.54) is 12.8 Å². The summed E-state index contributed by atoms with van der Waals surface area (Å²) in [5.74, 6) is 3.35. The van der Waals surface area contributed by atoms with E-state index in [9.17, 15) is 0 Å². The number of aryl methyl sites for hydroxylation is 1. The molecule has 0 atom stereocenters. The molecule has 0 bridgehead atoms. The molecule has 34 heavy (non-hydrogen) atoms. The van der Waals surface area contributed by atoms with Gasteiger partial charge in [-0.25, -0.2) is 19.3 Å². The Morgan fingerprint density at radius 2 is 1.85 bits per heavy atom. The van der Waals surface area contributed by atoms with Crippen LogP contribution in [0.4, 0.5) is 11.6 Å². The molecule has 3 heterocycles. The van der Waals surface area contributed by atoms with Crippen molar-refractivity contribution in [2.24, 2.45) is 5.92 Å². The molecule has 1 N–H and O–H groups in total. The molecular weight excluding hydrogens is 424 g/mol. The second kappa shape index (κ2) is 8.75. The van der Waals surface area contributed by atoms with Crippen molar-refractivity contribution in [3.05, 3.63) is 65.2 Å². The van der Waals surface area contributed by atoms with Crippen LogP contribution in [0.1, 0.15) is 55.1 Å².